The molecule has 0 radical (unpaired) electrons. The maximum atomic E-state index is 10.9. The first-order valence-electron chi connectivity index (χ1n) is 3.02. The van der Waals surface area contributed by atoms with Crippen molar-refractivity contribution in [3.63, 3.8) is 0 Å². The van der Waals surface area contributed by atoms with E-state index in [4.69, 9.17) is 11.6 Å². The van der Waals surface area contributed by atoms with Gasteiger partial charge in [-0.2, -0.15) is 0 Å². The van der Waals surface area contributed by atoms with E-state index < -0.39 is 16.6 Å². The van der Waals surface area contributed by atoms with Crippen LogP contribution in [0.1, 0.15) is 13.3 Å². The molecule has 1 unspecified atom stereocenters. The Morgan fingerprint density at radius 2 is 2.09 bits per heavy atom. The molecule has 0 heterocycles. The van der Waals surface area contributed by atoms with E-state index in [1.165, 1.54) is 0 Å². The van der Waals surface area contributed by atoms with Crippen LogP contribution < -0.4 is 17.0 Å². The van der Waals surface area contributed by atoms with E-state index in [9.17, 15) is 9.59 Å². The zero-order chi connectivity index (χ0) is 9.07. The summed E-state index contributed by atoms with van der Waals surface area (Å²) in [5.41, 5.74) is 7.01. The molecular weight excluding hydrogens is 166 g/mol. The summed E-state index contributed by atoms with van der Waals surface area (Å²) >= 11 is 3.67. The van der Waals surface area contributed by atoms with Crippen LogP contribution in [0.3, 0.4) is 0 Å². The molecule has 0 aliphatic carbocycles. The number of carbonyl (C=O) groups is 2. The summed E-state index contributed by atoms with van der Waals surface area (Å²) in [6.45, 7) is 1.59. The van der Waals surface area contributed by atoms with E-state index in [-0.39, 0.29) is 6.42 Å². The second-order valence-corrected chi connectivity index (χ2v) is 2.72. The van der Waals surface area contributed by atoms with Gasteiger partial charge in [0.15, 0.2) is 10.7 Å². The number of hydrogen-bond donors (Lipinski definition) is 4. The number of nitrogens with one attached hydrogen (secondary N) is 1. The normalized spacial score (nSPS) is 15.3. The lowest BCUT2D eigenvalue weighted by Crippen LogP contribution is -2.56. The molecule has 0 bridgehead atoms. The zero-order valence-corrected chi connectivity index (χ0v) is 7.02. The minimum absolute atomic E-state index is 0.146. The van der Waals surface area contributed by atoms with Gasteiger partial charge < -0.3 is 5.73 Å². The third-order valence-electron chi connectivity index (χ3n) is 1.22. The number of rotatable bonds is 3. The number of Topliss-reactive ketones (excluding diaryl/α,β-unsaturated/α-hetero) is 1. The largest absolute Gasteiger partial charge is 0.303 e. The lowest BCUT2D eigenvalue weighted by atomic mass is 10.1. The summed E-state index contributed by atoms with van der Waals surface area (Å²) in [6, 6.07) is 0. The minimum atomic E-state index is -1.80. The molecule has 0 rings (SSSR count). The van der Waals surface area contributed by atoms with E-state index in [1.54, 1.807) is 12.3 Å². The van der Waals surface area contributed by atoms with Gasteiger partial charge in [-0.3, -0.25) is 15.0 Å². The van der Waals surface area contributed by atoms with Crippen molar-refractivity contribution in [3.8, 4) is 0 Å². The molecule has 11 heavy (non-hydrogen) atoms. The lowest BCUT2D eigenvalue weighted by molar-refractivity contribution is -0.131. The molecule has 0 saturated heterocycles. The molecule has 0 saturated carbocycles. The van der Waals surface area contributed by atoms with E-state index in [0.717, 1.165) is 0 Å². The van der Waals surface area contributed by atoms with Gasteiger partial charge in [0, 0.05) is 6.42 Å². The number of ketones is 1. The van der Waals surface area contributed by atoms with Crippen LogP contribution in [0.4, 0.5) is 0 Å². The number of nitrogens with two attached hydrogens (primary N) is 2. The molecule has 5 N–H and O–H groups in total. The van der Waals surface area contributed by atoms with Crippen LogP contribution in [0.2, 0.25) is 0 Å². The zero-order valence-electron chi connectivity index (χ0n) is 6.13. The molecular formula is C5H11N3O2S. The Labute approximate surface area is 69.9 Å². The molecule has 1 amide bonds. The predicted octanol–water partition coefficient (Wildman–Crippen LogP) is -1.46. The van der Waals surface area contributed by atoms with Crippen molar-refractivity contribution < 1.29 is 9.59 Å². The SMILES string of the molecule is CCC(=O)C(N)(S)C(=O)NN. The van der Waals surface area contributed by atoms with Crippen molar-refractivity contribution in [2.75, 3.05) is 0 Å². The molecule has 64 valence electrons. The smallest absolute Gasteiger partial charge is 0.271 e. The van der Waals surface area contributed by atoms with E-state index in [0.29, 0.717) is 0 Å². The fraction of sp³-hybridized carbons (Fsp3) is 0.600. The molecule has 0 spiro atoms. The Morgan fingerprint density at radius 3 is 2.36 bits per heavy atom. The van der Waals surface area contributed by atoms with Crippen LogP contribution in [-0.4, -0.2) is 16.6 Å². The third kappa shape index (κ3) is 2.18. The highest BCUT2D eigenvalue weighted by Crippen LogP contribution is 2.09. The maximum Gasteiger partial charge on any atom is 0.271 e. The van der Waals surface area contributed by atoms with Gasteiger partial charge in [-0.05, 0) is 0 Å². The predicted molar refractivity (Wildman–Crippen MR) is 43.5 cm³/mol. The van der Waals surface area contributed by atoms with Gasteiger partial charge in [0.05, 0.1) is 0 Å². The van der Waals surface area contributed by atoms with Crippen molar-refractivity contribution >= 4 is 24.3 Å². The number of hydrazine groups is 1. The van der Waals surface area contributed by atoms with Gasteiger partial charge in [-0.25, -0.2) is 5.84 Å². The van der Waals surface area contributed by atoms with E-state index in [1.807, 2.05) is 0 Å². The Morgan fingerprint density at radius 1 is 1.64 bits per heavy atom. The third-order valence-corrected chi connectivity index (χ3v) is 1.68. The van der Waals surface area contributed by atoms with Gasteiger partial charge in [-0.15, -0.1) is 12.6 Å². The van der Waals surface area contributed by atoms with Crippen LogP contribution >= 0.6 is 12.6 Å². The number of carbonyl (C=O) groups excluding carboxylic acids is 2. The molecule has 0 aromatic heterocycles. The fourth-order valence-electron chi connectivity index (χ4n) is 0.506. The van der Waals surface area contributed by atoms with Gasteiger partial charge in [0.2, 0.25) is 0 Å². The summed E-state index contributed by atoms with van der Waals surface area (Å²) in [5.74, 6) is 3.50. The highest BCUT2D eigenvalue weighted by atomic mass is 32.1. The van der Waals surface area contributed by atoms with E-state index in [2.05, 4.69) is 12.6 Å². The van der Waals surface area contributed by atoms with Gasteiger partial charge >= 0.3 is 0 Å². The van der Waals surface area contributed by atoms with Crippen molar-refractivity contribution in [1.29, 1.82) is 0 Å². The second kappa shape index (κ2) is 3.70. The van der Waals surface area contributed by atoms with Crippen molar-refractivity contribution in [2.24, 2.45) is 11.6 Å². The number of amides is 1. The molecule has 1 atom stereocenters. The van der Waals surface area contributed by atoms with Crippen LogP contribution in [0.25, 0.3) is 0 Å². The first-order valence-corrected chi connectivity index (χ1v) is 3.47. The summed E-state index contributed by atoms with van der Waals surface area (Å²) in [7, 11) is 0. The second-order valence-electron chi connectivity index (χ2n) is 2.02. The standard InChI is InChI=1S/C5H11N3O2S/c1-2-3(9)5(6,11)4(10)8-7/h11H,2,6-7H2,1H3,(H,8,10). The first kappa shape index (κ1) is 10.4. The van der Waals surface area contributed by atoms with Crippen LogP contribution in [0.15, 0.2) is 0 Å². The average Bonchev–Trinajstić information content (AvgIpc) is 2.01. The molecule has 0 aliphatic rings. The van der Waals surface area contributed by atoms with Crippen molar-refractivity contribution in [1.82, 2.24) is 5.43 Å². The summed E-state index contributed by atoms with van der Waals surface area (Å²) < 4.78 is 0. The van der Waals surface area contributed by atoms with Crippen LogP contribution in [0, 0.1) is 0 Å². The molecule has 0 fully saturated rings. The van der Waals surface area contributed by atoms with E-state index >= 15 is 0 Å². The summed E-state index contributed by atoms with van der Waals surface area (Å²) in [5, 5.41) is 0. The number of hydrogen-bond acceptors (Lipinski definition) is 5. The Bertz CT molecular complexity index is 163. The van der Waals surface area contributed by atoms with Crippen molar-refractivity contribution in [2.45, 2.75) is 18.2 Å². The minimum Gasteiger partial charge on any atom is -0.303 e. The fourth-order valence-corrected chi connectivity index (χ4v) is 0.729. The molecule has 0 aromatic rings. The lowest BCUT2D eigenvalue weighted by Gasteiger charge is -2.18. The number of thiol groups is 1. The maximum absolute atomic E-state index is 10.9. The Hall–Kier alpha value is -0.590. The molecule has 6 heteroatoms. The van der Waals surface area contributed by atoms with Gasteiger partial charge in [0.1, 0.15) is 0 Å². The highest BCUT2D eigenvalue weighted by Gasteiger charge is 2.35. The van der Waals surface area contributed by atoms with Crippen molar-refractivity contribution in [3.05, 3.63) is 0 Å². The van der Waals surface area contributed by atoms with Gasteiger partial charge in [-0.1, -0.05) is 6.92 Å². The summed E-state index contributed by atoms with van der Waals surface area (Å²) in [6.07, 6.45) is 0.146. The highest BCUT2D eigenvalue weighted by molar-refractivity contribution is 7.83. The quantitative estimate of drug-likeness (QED) is 0.106. The van der Waals surface area contributed by atoms with Crippen LogP contribution in [0.5, 0.6) is 0 Å². The topological polar surface area (TPSA) is 98.2 Å². The summed E-state index contributed by atoms with van der Waals surface area (Å²) in [4.78, 5) is 19.9. The Kier molecular flexibility index (Phi) is 3.50. The Balaban J connectivity index is 4.44. The molecule has 5 nitrogen and oxygen atoms in total. The first-order chi connectivity index (χ1) is 4.96. The van der Waals surface area contributed by atoms with Crippen LogP contribution in [-0.2, 0) is 9.59 Å². The monoisotopic (exact) mass is 177 g/mol. The van der Waals surface area contributed by atoms with Gasteiger partial charge in [0.25, 0.3) is 5.91 Å². The molecule has 0 aromatic carbocycles. The average molecular weight is 177 g/mol. The molecule has 0 aliphatic heterocycles.